The number of carbonyl (C=O) groups is 2. The predicted octanol–water partition coefficient (Wildman–Crippen LogP) is 5.24. The third kappa shape index (κ3) is 5.23. The van der Waals surface area contributed by atoms with Crippen LogP contribution in [0.4, 0.5) is 0 Å². The summed E-state index contributed by atoms with van der Waals surface area (Å²) in [6, 6.07) is 4.97. The first-order valence-electron chi connectivity index (χ1n) is 12.8. The molecule has 0 bridgehead atoms. The maximum absolute atomic E-state index is 13.2. The van der Waals surface area contributed by atoms with Gasteiger partial charge >= 0.3 is 7.12 Å². The second-order valence-corrected chi connectivity index (χ2v) is 10.5. The molecule has 0 unspecified atom stereocenters. The minimum Gasteiger partial charge on any atom is -0.508 e. The predicted molar refractivity (Wildman–Crippen MR) is 138 cm³/mol. The monoisotopic (exact) mass is 499 g/mol. The van der Waals surface area contributed by atoms with Crippen molar-refractivity contribution in [3.63, 3.8) is 0 Å². The van der Waals surface area contributed by atoms with Crippen molar-refractivity contribution >= 4 is 36.6 Å². The fourth-order valence-electron chi connectivity index (χ4n) is 6.19. The number of carbonyl (C=O) groups excluding carboxylic acids is 2. The molecular weight excluding hydrogens is 465 g/mol. The molecule has 3 aliphatic rings. The van der Waals surface area contributed by atoms with Crippen LogP contribution in [0.3, 0.4) is 0 Å². The molecule has 6 nitrogen and oxygen atoms in total. The van der Waals surface area contributed by atoms with Crippen LogP contribution in [-0.2, 0) is 14.2 Å². The molecule has 8 heteroatoms. The van der Waals surface area contributed by atoms with Gasteiger partial charge in [-0.15, -0.1) is 0 Å². The summed E-state index contributed by atoms with van der Waals surface area (Å²) in [6.07, 6.45) is 6.78. The van der Waals surface area contributed by atoms with Crippen molar-refractivity contribution in [3.05, 3.63) is 45.5 Å². The van der Waals surface area contributed by atoms with Crippen molar-refractivity contribution in [2.45, 2.75) is 71.7 Å². The van der Waals surface area contributed by atoms with Crippen LogP contribution in [0.15, 0.2) is 34.9 Å². The standard InChI is InChI=1S/C27H35BClNO5/c1-4-6-17(13-18-8-9-19(31)14-22(18)29)7-10-23-24-16(3)12-20-25(21(24)15-28(34)35-23)27(33)30(11-5-2)26(20)32/h8-9,13-14,20-21,23,25,31,34H,4-7,10-12,15H2,1-3H3/b17-13+/t20-,21+,23-,25-/m1/s1. The van der Waals surface area contributed by atoms with Crippen molar-refractivity contribution in [3.8, 4) is 5.75 Å². The van der Waals surface area contributed by atoms with Gasteiger partial charge in [0.2, 0.25) is 11.8 Å². The lowest BCUT2D eigenvalue weighted by Crippen LogP contribution is -2.46. The maximum atomic E-state index is 13.2. The van der Waals surface area contributed by atoms with Crippen molar-refractivity contribution < 1.29 is 24.4 Å². The van der Waals surface area contributed by atoms with E-state index in [1.807, 2.05) is 19.9 Å². The number of rotatable bonds is 8. The van der Waals surface area contributed by atoms with Crippen LogP contribution in [0.25, 0.3) is 6.08 Å². The molecule has 0 spiro atoms. The van der Waals surface area contributed by atoms with Crippen molar-refractivity contribution in [1.82, 2.24) is 4.90 Å². The van der Waals surface area contributed by atoms with Gasteiger partial charge in [0, 0.05) is 6.54 Å². The number of hydrogen-bond acceptors (Lipinski definition) is 5. The van der Waals surface area contributed by atoms with E-state index in [-0.39, 0.29) is 35.5 Å². The van der Waals surface area contributed by atoms with Crippen molar-refractivity contribution in [1.29, 1.82) is 0 Å². The van der Waals surface area contributed by atoms with E-state index in [1.165, 1.54) is 16.5 Å². The molecule has 0 saturated carbocycles. The molecule has 188 valence electrons. The van der Waals surface area contributed by atoms with E-state index in [0.717, 1.165) is 42.4 Å². The summed E-state index contributed by atoms with van der Waals surface area (Å²) in [6.45, 7) is 6.60. The Morgan fingerprint density at radius 3 is 2.66 bits per heavy atom. The number of allylic oxidation sites excluding steroid dienone is 2. The second-order valence-electron chi connectivity index (χ2n) is 10.1. The van der Waals surface area contributed by atoms with Crippen LogP contribution >= 0.6 is 11.6 Å². The minimum absolute atomic E-state index is 0.0586. The van der Waals surface area contributed by atoms with E-state index in [1.54, 1.807) is 6.07 Å². The number of aromatic hydroxyl groups is 1. The summed E-state index contributed by atoms with van der Waals surface area (Å²) in [7, 11) is -0.950. The highest BCUT2D eigenvalue weighted by Crippen LogP contribution is 2.50. The molecule has 2 aliphatic heterocycles. The number of fused-ring (bicyclic) bond motifs is 3. The Bertz CT molecular complexity index is 1050. The van der Waals surface area contributed by atoms with Crippen LogP contribution in [-0.4, -0.2) is 46.6 Å². The molecule has 2 fully saturated rings. The molecule has 35 heavy (non-hydrogen) atoms. The molecule has 2 saturated heterocycles. The number of benzene rings is 1. The fraction of sp³-hybridized carbons (Fsp3) is 0.556. The Labute approximate surface area is 213 Å². The topological polar surface area (TPSA) is 87.1 Å². The first kappa shape index (κ1) is 26.0. The second kappa shape index (κ2) is 10.9. The van der Waals surface area contributed by atoms with Gasteiger partial charge in [-0.2, -0.15) is 0 Å². The van der Waals surface area contributed by atoms with Crippen LogP contribution in [0.2, 0.25) is 11.3 Å². The Morgan fingerprint density at radius 1 is 1.20 bits per heavy atom. The van der Waals surface area contributed by atoms with E-state index < -0.39 is 13.0 Å². The van der Waals surface area contributed by atoms with E-state index in [0.29, 0.717) is 30.7 Å². The maximum Gasteiger partial charge on any atom is 0.455 e. The number of imide groups is 1. The number of phenols is 1. The van der Waals surface area contributed by atoms with Gasteiger partial charge in [0.25, 0.3) is 0 Å². The minimum atomic E-state index is -0.950. The zero-order valence-electron chi connectivity index (χ0n) is 20.8. The average Bonchev–Trinajstić information content (AvgIpc) is 3.03. The summed E-state index contributed by atoms with van der Waals surface area (Å²) >= 11 is 6.33. The lowest BCUT2D eigenvalue weighted by molar-refractivity contribution is -0.140. The molecule has 4 rings (SSSR count). The summed E-state index contributed by atoms with van der Waals surface area (Å²) in [4.78, 5) is 27.7. The van der Waals surface area contributed by atoms with Gasteiger partial charge in [-0.25, -0.2) is 0 Å². The highest BCUT2D eigenvalue weighted by Gasteiger charge is 2.56. The average molecular weight is 500 g/mol. The highest BCUT2D eigenvalue weighted by molar-refractivity contribution is 6.43. The third-order valence-corrected chi connectivity index (χ3v) is 7.96. The number of nitrogens with zero attached hydrogens (tertiary/aromatic N) is 1. The van der Waals surface area contributed by atoms with Gasteiger partial charge in [-0.3, -0.25) is 14.5 Å². The van der Waals surface area contributed by atoms with Crippen molar-refractivity contribution in [2.24, 2.45) is 17.8 Å². The van der Waals surface area contributed by atoms with Gasteiger partial charge in [0.15, 0.2) is 0 Å². The lowest BCUT2D eigenvalue weighted by atomic mass is 9.58. The molecular formula is C27H35BClNO5. The molecule has 2 amide bonds. The van der Waals surface area contributed by atoms with Crippen LogP contribution in [0.1, 0.15) is 64.9 Å². The first-order chi connectivity index (χ1) is 16.7. The highest BCUT2D eigenvalue weighted by atomic mass is 35.5. The molecule has 2 heterocycles. The molecule has 4 atom stereocenters. The number of phenolic OH excluding ortho intramolecular Hbond substituents is 1. The van der Waals surface area contributed by atoms with Gasteiger partial charge in [-0.1, -0.05) is 49.1 Å². The van der Waals surface area contributed by atoms with E-state index in [2.05, 4.69) is 13.0 Å². The van der Waals surface area contributed by atoms with Crippen LogP contribution < -0.4 is 0 Å². The molecule has 0 aromatic heterocycles. The van der Waals surface area contributed by atoms with E-state index >= 15 is 0 Å². The lowest BCUT2D eigenvalue weighted by Gasteiger charge is -2.42. The Hall–Kier alpha value is -2.09. The van der Waals surface area contributed by atoms with Crippen LogP contribution in [0.5, 0.6) is 5.75 Å². The molecule has 0 radical (unpaired) electrons. The Balaban J connectivity index is 1.57. The quantitative estimate of drug-likeness (QED) is 0.290. The zero-order chi connectivity index (χ0) is 25.3. The largest absolute Gasteiger partial charge is 0.508 e. The number of hydrogen-bond donors (Lipinski definition) is 2. The van der Waals surface area contributed by atoms with Gasteiger partial charge in [0.1, 0.15) is 5.75 Å². The summed E-state index contributed by atoms with van der Waals surface area (Å²) in [5, 5.41) is 20.8. The zero-order valence-corrected chi connectivity index (χ0v) is 21.6. The molecule has 1 aliphatic carbocycles. The summed E-state index contributed by atoms with van der Waals surface area (Å²) in [5.41, 5.74) is 4.30. The number of halogens is 1. The van der Waals surface area contributed by atoms with Gasteiger partial charge < -0.3 is 14.8 Å². The molecule has 2 N–H and O–H groups in total. The third-order valence-electron chi connectivity index (χ3n) is 7.63. The molecule has 1 aromatic carbocycles. The molecule has 1 aromatic rings. The normalized spacial score (nSPS) is 26.9. The van der Waals surface area contributed by atoms with Gasteiger partial charge in [-0.05, 0) is 80.6 Å². The van der Waals surface area contributed by atoms with E-state index in [4.69, 9.17) is 16.3 Å². The van der Waals surface area contributed by atoms with Crippen LogP contribution in [0, 0.1) is 17.8 Å². The summed E-state index contributed by atoms with van der Waals surface area (Å²) < 4.78 is 6.03. The summed E-state index contributed by atoms with van der Waals surface area (Å²) in [5.74, 6) is -0.882. The Kier molecular flexibility index (Phi) is 8.09. The smallest absolute Gasteiger partial charge is 0.455 e. The SMILES string of the molecule is CCC/C(=C\c1ccc(O)cc1Cl)CC[C@H]1OB(O)C[C@H]2C1=C(C)C[C@H]1C(=O)N(CCC)C(=O)[C@H]12. The van der Waals surface area contributed by atoms with Crippen molar-refractivity contribution in [2.75, 3.05) is 6.54 Å². The fourth-order valence-corrected chi connectivity index (χ4v) is 6.42. The van der Waals surface area contributed by atoms with Gasteiger partial charge in [0.05, 0.1) is 23.0 Å². The number of likely N-dealkylation sites (tertiary alicyclic amines) is 1. The number of amides is 2. The first-order valence-corrected chi connectivity index (χ1v) is 13.2. The van der Waals surface area contributed by atoms with E-state index in [9.17, 15) is 19.7 Å². The Morgan fingerprint density at radius 2 is 1.97 bits per heavy atom.